The Morgan fingerprint density at radius 1 is 1.27 bits per heavy atom. The van der Waals surface area contributed by atoms with E-state index in [-0.39, 0.29) is 23.5 Å². The summed E-state index contributed by atoms with van der Waals surface area (Å²) in [6, 6.07) is 7.26. The lowest BCUT2D eigenvalue weighted by Gasteiger charge is -2.06. The molecule has 1 N–H and O–H groups in total. The van der Waals surface area contributed by atoms with Crippen LogP contribution in [-0.4, -0.2) is 41.5 Å². The highest BCUT2D eigenvalue weighted by Crippen LogP contribution is 2.33. The van der Waals surface area contributed by atoms with E-state index in [2.05, 4.69) is 15.5 Å². The molecule has 30 heavy (non-hydrogen) atoms. The number of carbonyl (C=O) groups is 2. The summed E-state index contributed by atoms with van der Waals surface area (Å²) in [5.74, 6) is 0.344. The maximum atomic E-state index is 12.4. The Morgan fingerprint density at radius 2 is 2.07 bits per heavy atom. The van der Waals surface area contributed by atoms with Crippen molar-refractivity contribution < 1.29 is 23.5 Å². The third-order valence-corrected chi connectivity index (χ3v) is 6.11. The predicted molar refractivity (Wildman–Crippen MR) is 115 cm³/mol. The van der Waals surface area contributed by atoms with Crippen molar-refractivity contribution >= 4 is 40.0 Å². The number of benzene rings is 1. The third-order valence-electron chi connectivity index (χ3n) is 4.17. The summed E-state index contributed by atoms with van der Waals surface area (Å²) < 4.78 is 15.9. The summed E-state index contributed by atoms with van der Waals surface area (Å²) in [6.07, 6.45) is 0. The van der Waals surface area contributed by atoms with Crippen molar-refractivity contribution in [2.75, 3.05) is 24.8 Å². The minimum absolute atomic E-state index is 0.0536. The molecule has 3 aromatic rings. The molecule has 3 rings (SSSR count). The van der Waals surface area contributed by atoms with Crippen molar-refractivity contribution in [3.63, 3.8) is 0 Å². The Hall–Kier alpha value is -2.85. The number of aryl methyl sites for hydroxylation is 1. The summed E-state index contributed by atoms with van der Waals surface area (Å²) in [4.78, 5) is 25.6. The van der Waals surface area contributed by atoms with Crippen LogP contribution in [0.5, 0.6) is 5.75 Å². The molecule has 0 saturated carbocycles. The van der Waals surface area contributed by atoms with Crippen molar-refractivity contribution in [2.24, 2.45) is 0 Å². The van der Waals surface area contributed by atoms with Crippen LogP contribution in [0.3, 0.4) is 0 Å². The molecule has 0 spiro atoms. The van der Waals surface area contributed by atoms with Crippen LogP contribution in [0.1, 0.15) is 27.7 Å². The van der Waals surface area contributed by atoms with Crippen LogP contribution in [-0.2, 0) is 9.53 Å². The van der Waals surface area contributed by atoms with Crippen molar-refractivity contribution in [3.8, 4) is 17.2 Å². The summed E-state index contributed by atoms with van der Waals surface area (Å²) >= 11 is 2.46. The molecule has 1 aromatic carbocycles. The van der Waals surface area contributed by atoms with Gasteiger partial charge in [0.2, 0.25) is 11.8 Å². The highest BCUT2D eigenvalue weighted by Gasteiger charge is 2.22. The van der Waals surface area contributed by atoms with Crippen molar-refractivity contribution in [2.45, 2.75) is 26.0 Å². The number of esters is 1. The van der Waals surface area contributed by atoms with Gasteiger partial charge in [-0.25, -0.2) is 4.79 Å². The van der Waals surface area contributed by atoms with Crippen LogP contribution < -0.4 is 10.1 Å². The summed E-state index contributed by atoms with van der Waals surface area (Å²) in [7, 11) is 1.58. The lowest BCUT2D eigenvalue weighted by atomic mass is 10.1. The van der Waals surface area contributed by atoms with Gasteiger partial charge in [0, 0.05) is 10.4 Å². The highest BCUT2D eigenvalue weighted by atomic mass is 32.2. The molecule has 158 valence electrons. The maximum absolute atomic E-state index is 12.4. The molecule has 1 amide bonds. The summed E-state index contributed by atoms with van der Waals surface area (Å²) in [6.45, 7) is 5.74. The standard InChI is InChI=1S/C20H21N3O5S2/c1-5-27-19(25)16-11(2)12(3)30-18(16)21-15(24)10-29-20-23-22-17(28-20)13-7-6-8-14(9-13)26-4/h6-9H,5,10H2,1-4H3,(H,21,24). The van der Waals surface area contributed by atoms with Crippen molar-refractivity contribution in [3.05, 3.63) is 40.3 Å². The zero-order chi connectivity index (χ0) is 21.7. The van der Waals surface area contributed by atoms with E-state index in [1.807, 2.05) is 32.0 Å². The Morgan fingerprint density at radius 3 is 2.80 bits per heavy atom. The van der Waals surface area contributed by atoms with Gasteiger partial charge < -0.3 is 19.2 Å². The smallest absolute Gasteiger partial charge is 0.341 e. The molecule has 0 aliphatic rings. The van der Waals surface area contributed by atoms with E-state index in [0.717, 1.165) is 27.8 Å². The molecule has 0 saturated heterocycles. The minimum Gasteiger partial charge on any atom is -0.497 e. The molecule has 10 heteroatoms. The number of thiophene rings is 1. The Labute approximate surface area is 182 Å². The van der Waals surface area contributed by atoms with E-state index in [4.69, 9.17) is 13.9 Å². The first kappa shape index (κ1) is 21.8. The molecule has 0 fully saturated rings. The van der Waals surface area contributed by atoms with Crippen LogP contribution in [0.25, 0.3) is 11.5 Å². The van der Waals surface area contributed by atoms with Crippen LogP contribution in [0.2, 0.25) is 0 Å². The number of carbonyl (C=O) groups excluding carboxylic acids is 2. The number of ether oxygens (including phenoxy) is 2. The van der Waals surface area contributed by atoms with Crippen molar-refractivity contribution in [1.29, 1.82) is 0 Å². The molecule has 8 nitrogen and oxygen atoms in total. The van der Waals surface area contributed by atoms with E-state index < -0.39 is 5.97 Å². The predicted octanol–water partition coefficient (Wildman–Crippen LogP) is 4.33. The Balaban J connectivity index is 1.64. The number of aromatic nitrogens is 2. The van der Waals surface area contributed by atoms with E-state index in [0.29, 0.717) is 22.2 Å². The Kier molecular flexibility index (Phi) is 7.11. The van der Waals surface area contributed by atoms with Gasteiger partial charge in [-0.15, -0.1) is 21.5 Å². The first-order valence-electron chi connectivity index (χ1n) is 9.10. The monoisotopic (exact) mass is 447 g/mol. The number of anilines is 1. The normalized spacial score (nSPS) is 10.7. The molecule has 0 aliphatic carbocycles. The number of nitrogens with zero attached hydrogens (tertiary/aromatic N) is 2. The van der Waals surface area contributed by atoms with Gasteiger partial charge in [0.1, 0.15) is 10.8 Å². The second-order valence-electron chi connectivity index (χ2n) is 6.15. The van der Waals surface area contributed by atoms with Gasteiger partial charge in [0.05, 0.1) is 25.0 Å². The quantitative estimate of drug-likeness (QED) is 0.402. The number of amides is 1. The molecular formula is C20H21N3O5S2. The van der Waals surface area contributed by atoms with E-state index in [9.17, 15) is 9.59 Å². The van der Waals surface area contributed by atoms with E-state index in [1.54, 1.807) is 20.1 Å². The molecule has 0 aliphatic heterocycles. The molecule has 2 aromatic heterocycles. The number of rotatable bonds is 8. The lowest BCUT2D eigenvalue weighted by Crippen LogP contribution is -2.16. The number of methoxy groups -OCH3 is 1. The zero-order valence-electron chi connectivity index (χ0n) is 17.0. The molecular weight excluding hydrogens is 426 g/mol. The molecule has 2 heterocycles. The van der Waals surface area contributed by atoms with Crippen LogP contribution in [0.4, 0.5) is 5.00 Å². The topological polar surface area (TPSA) is 104 Å². The molecule has 0 radical (unpaired) electrons. The first-order valence-corrected chi connectivity index (χ1v) is 10.9. The highest BCUT2D eigenvalue weighted by molar-refractivity contribution is 7.99. The lowest BCUT2D eigenvalue weighted by molar-refractivity contribution is -0.113. The van der Waals surface area contributed by atoms with Crippen molar-refractivity contribution in [1.82, 2.24) is 10.2 Å². The molecule has 0 atom stereocenters. The Bertz CT molecular complexity index is 1060. The van der Waals surface area contributed by atoms with Gasteiger partial charge >= 0.3 is 5.97 Å². The summed E-state index contributed by atoms with van der Waals surface area (Å²) in [5, 5.41) is 11.5. The van der Waals surface area contributed by atoms with Crippen LogP contribution >= 0.6 is 23.1 Å². The second kappa shape index (κ2) is 9.77. The largest absolute Gasteiger partial charge is 0.497 e. The molecule has 0 unspecified atom stereocenters. The van der Waals surface area contributed by atoms with Gasteiger partial charge in [0.15, 0.2) is 0 Å². The number of hydrogen-bond acceptors (Lipinski definition) is 9. The van der Waals surface area contributed by atoms with E-state index in [1.165, 1.54) is 11.3 Å². The van der Waals surface area contributed by atoms with Gasteiger partial charge in [-0.05, 0) is 44.5 Å². The third kappa shape index (κ3) is 5.00. The average Bonchev–Trinajstić information content (AvgIpc) is 3.31. The number of nitrogens with one attached hydrogen (secondary N) is 1. The van der Waals surface area contributed by atoms with Gasteiger partial charge in [0.25, 0.3) is 5.22 Å². The van der Waals surface area contributed by atoms with Gasteiger partial charge in [-0.1, -0.05) is 17.8 Å². The second-order valence-corrected chi connectivity index (χ2v) is 8.30. The van der Waals surface area contributed by atoms with Crippen LogP contribution in [0.15, 0.2) is 33.9 Å². The fourth-order valence-electron chi connectivity index (χ4n) is 2.59. The summed E-state index contributed by atoms with van der Waals surface area (Å²) in [5.41, 5.74) is 1.93. The SMILES string of the molecule is CCOC(=O)c1c(NC(=O)CSc2nnc(-c3cccc(OC)c3)o2)sc(C)c1C. The maximum Gasteiger partial charge on any atom is 0.341 e. The first-order chi connectivity index (χ1) is 14.4. The van der Waals surface area contributed by atoms with E-state index >= 15 is 0 Å². The zero-order valence-corrected chi connectivity index (χ0v) is 18.6. The number of hydrogen-bond donors (Lipinski definition) is 1. The molecule has 0 bridgehead atoms. The fraction of sp³-hybridized carbons (Fsp3) is 0.300. The minimum atomic E-state index is -0.442. The van der Waals surface area contributed by atoms with Gasteiger partial charge in [-0.3, -0.25) is 4.79 Å². The average molecular weight is 448 g/mol. The fourth-order valence-corrected chi connectivity index (χ4v) is 4.22. The van der Waals surface area contributed by atoms with Crippen LogP contribution in [0, 0.1) is 13.8 Å². The number of thioether (sulfide) groups is 1. The van der Waals surface area contributed by atoms with Gasteiger partial charge in [-0.2, -0.15) is 0 Å².